The summed E-state index contributed by atoms with van der Waals surface area (Å²) < 4.78 is 0. The predicted octanol–water partition coefficient (Wildman–Crippen LogP) is 2.22. The van der Waals surface area contributed by atoms with Gasteiger partial charge in [-0.2, -0.15) is 0 Å². The molecule has 1 saturated carbocycles. The Bertz CT molecular complexity index is 249. The van der Waals surface area contributed by atoms with Crippen molar-refractivity contribution in [3.63, 3.8) is 0 Å². The SMILES string of the molecule is CN(C)C(C(C)(C)C)C1(C(=O)O)CCC1. The third kappa shape index (κ3) is 2.03. The van der Waals surface area contributed by atoms with Gasteiger partial charge in [0.2, 0.25) is 0 Å². The third-order valence-corrected chi connectivity index (χ3v) is 3.53. The molecule has 1 aliphatic rings. The van der Waals surface area contributed by atoms with Crippen LogP contribution in [-0.4, -0.2) is 36.1 Å². The van der Waals surface area contributed by atoms with Crippen molar-refractivity contribution in [1.82, 2.24) is 4.90 Å². The molecule has 0 saturated heterocycles. The topological polar surface area (TPSA) is 40.5 Å². The van der Waals surface area contributed by atoms with Crippen molar-refractivity contribution in [1.29, 1.82) is 0 Å². The van der Waals surface area contributed by atoms with E-state index in [2.05, 4.69) is 25.7 Å². The van der Waals surface area contributed by atoms with Crippen LogP contribution in [0.1, 0.15) is 40.0 Å². The maximum absolute atomic E-state index is 11.5. The lowest BCUT2D eigenvalue weighted by Crippen LogP contribution is -2.59. The number of carbonyl (C=O) groups is 1. The van der Waals surface area contributed by atoms with E-state index in [0.717, 1.165) is 19.3 Å². The minimum atomic E-state index is -0.623. The van der Waals surface area contributed by atoms with E-state index in [1.54, 1.807) is 0 Å². The number of hydrogen-bond donors (Lipinski definition) is 1. The van der Waals surface area contributed by atoms with E-state index in [9.17, 15) is 9.90 Å². The molecule has 1 N–H and O–H groups in total. The van der Waals surface area contributed by atoms with Gasteiger partial charge in [0.05, 0.1) is 5.41 Å². The molecule has 88 valence electrons. The Kier molecular flexibility index (Phi) is 3.15. The number of rotatable bonds is 3. The van der Waals surface area contributed by atoms with Gasteiger partial charge in [-0.1, -0.05) is 27.2 Å². The Hall–Kier alpha value is -0.570. The molecule has 0 heterocycles. The number of hydrogen-bond acceptors (Lipinski definition) is 2. The molecule has 0 bridgehead atoms. The van der Waals surface area contributed by atoms with E-state index < -0.39 is 11.4 Å². The number of carboxylic acids is 1. The molecule has 3 nitrogen and oxygen atoms in total. The van der Waals surface area contributed by atoms with E-state index in [0.29, 0.717) is 0 Å². The highest BCUT2D eigenvalue weighted by molar-refractivity contribution is 5.77. The fourth-order valence-corrected chi connectivity index (χ4v) is 3.26. The van der Waals surface area contributed by atoms with Crippen LogP contribution in [0.4, 0.5) is 0 Å². The summed E-state index contributed by atoms with van der Waals surface area (Å²) in [6, 6.07) is 0.108. The van der Waals surface area contributed by atoms with Gasteiger partial charge in [-0.15, -0.1) is 0 Å². The first-order valence-corrected chi connectivity index (χ1v) is 5.61. The van der Waals surface area contributed by atoms with Crippen molar-refractivity contribution in [3.8, 4) is 0 Å². The average Bonchev–Trinajstić information content (AvgIpc) is 1.91. The van der Waals surface area contributed by atoms with Gasteiger partial charge in [-0.3, -0.25) is 4.79 Å². The molecule has 0 aliphatic heterocycles. The van der Waals surface area contributed by atoms with Crippen LogP contribution in [-0.2, 0) is 4.79 Å². The van der Waals surface area contributed by atoms with Gasteiger partial charge in [-0.25, -0.2) is 0 Å². The predicted molar refractivity (Wildman–Crippen MR) is 60.8 cm³/mol. The van der Waals surface area contributed by atoms with Gasteiger partial charge in [0.25, 0.3) is 0 Å². The summed E-state index contributed by atoms with van der Waals surface area (Å²) >= 11 is 0. The first-order valence-electron chi connectivity index (χ1n) is 5.61. The Morgan fingerprint density at radius 3 is 1.87 bits per heavy atom. The van der Waals surface area contributed by atoms with E-state index in [-0.39, 0.29) is 11.5 Å². The fraction of sp³-hybridized carbons (Fsp3) is 0.917. The minimum Gasteiger partial charge on any atom is -0.481 e. The van der Waals surface area contributed by atoms with Crippen molar-refractivity contribution in [2.45, 2.75) is 46.1 Å². The van der Waals surface area contributed by atoms with E-state index in [4.69, 9.17) is 0 Å². The zero-order valence-electron chi connectivity index (χ0n) is 10.5. The molecule has 1 rings (SSSR count). The van der Waals surface area contributed by atoms with Gasteiger partial charge < -0.3 is 10.0 Å². The Morgan fingerprint density at radius 1 is 1.33 bits per heavy atom. The molecule has 0 aromatic rings. The summed E-state index contributed by atoms with van der Waals surface area (Å²) in [5.74, 6) is -0.623. The molecule has 0 amide bonds. The first kappa shape index (κ1) is 12.5. The second-order valence-corrected chi connectivity index (χ2v) is 6.05. The Labute approximate surface area is 92.5 Å². The normalized spacial score (nSPS) is 22.3. The fourth-order valence-electron chi connectivity index (χ4n) is 3.26. The van der Waals surface area contributed by atoms with Crippen LogP contribution in [0.15, 0.2) is 0 Å². The first-order chi connectivity index (χ1) is 6.72. The number of carboxylic acid groups (broad SMARTS) is 1. The van der Waals surface area contributed by atoms with Crippen LogP contribution in [0.2, 0.25) is 0 Å². The third-order valence-electron chi connectivity index (χ3n) is 3.53. The molecule has 0 aromatic heterocycles. The number of aliphatic carboxylic acids is 1. The van der Waals surface area contributed by atoms with Gasteiger partial charge in [0.1, 0.15) is 0 Å². The smallest absolute Gasteiger partial charge is 0.311 e. The van der Waals surface area contributed by atoms with Crippen molar-refractivity contribution < 1.29 is 9.90 Å². The minimum absolute atomic E-state index is 0.00229. The lowest BCUT2D eigenvalue weighted by Gasteiger charge is -2.52. The summed E-state index contributed by atoms with van der Waals surface area (Å²) in [6.45, 7) is 6.38. The van der Waals surface area contributed by atoms with Crippen LogP contribution in [0.3, 0.4) is 0 Å². The standard InChI is InChI=1S/C12H23NO2/c1-11(2,3)9(13(4)5)12(10(14)15)7-6-8-12/h9H,6-8H2,1-5H3,(H,14,15). The Morgan fingerprint density at radius 2 is 1.80 bits per heavy atom. The van der Waals surface area contributed by atoms with Crippen molar-refractivity contribution in [2.24, 2.45) is 10.8 Å². The van der Waals surface area contributed by atoms with Crippen molar-refractivity contribution in [3.05, 3.63) is 0 Å². The molecular formula is C12H23NO2. The van der Waals surface area contributed by atoms with Gasteiger partial charge in [0.15, 0.2) is 0 Å². The summed E-state index contributed by atoms with van der Waals surface area (Å²) in [5.41, 5.74) is -0.510. The summed E-state index contributed by atoms with van der Waals surface area (Å²) in [7, 11) is 3.97. The molecule has 15 heavy (non-hydrogen) atoms. The van der Waals surface area contributed by atoms with E-state index >= 15 is 0 Å². The van der Waals surface area contributed by atoms with Gasteiger partial charge in [-0.05, 0) is 32.4 Å². The van der Waals surface area contributed by atoms with Crippen LogP contribution >= 0.6 is 0 Å². The molecule has 3 heteroatoms. The summed E-state index contributed by atoms with van der Waals surface area (Å²) in [6.07, 6.45) is 2.69. The van der Waals surface area contributed by atoms with Crippen LogP contribution in [0, 0.1) is 10.8 Å². The van der Waals surface area contributed by atoms with E-state index in [1.807, 2.05) is 14.1 Å². The molecule has 0 spiro atoms. The zero-order chi connectivity index (χ0) is 11.9. The second kappa shape index (κ2) is 3.78. The lowest BCUT2D eigenvalue weighted by molar-refractivity contribution is -0.165. The van der Waals surface area contributed by atoms with Crippen LogP contribution in [0.5, 0.6) is 0 Å². The summed E-state index contributed by atoms with van der Waals surface area (Å²) in [4.78, 5) is 13.5. The molecule has 1 fully saturated rings. The van der Waals surface area contributed by atoms with Crippen LogP contribution in [0.25, 0.3) is 0 Å². The highest BCUT2D eigenvalue weighted by atomic mass is 16.4. The highest BCUT2D eigenvalue weighted by Gasteiger charge is 2.55. The molecule has 1 unspecified atom stereocenters. The highest BCUT2D eigenvalue weighted by Crippen LogP contribution is 2.50. The quantitative estimate of drug-likeness (QED) is 0.781. The van der Waals surface area contributed by atoms with Crippen molar-refractivity contribution in [2.75, 3.05) is 14.1 Å². The van der Waals surface area contributed by atoms with Gasteiger partial charge >= 0.3 is 5.97 Å². The van der Waals surface area contributed by atoms with Crippen LogP contribution < -0.4 is 0 Å². The monoisotopic (exact) mass is 213 g/mol. The Balaban J connectivity index is 3.03. The largest absolute Gasteiger partial charge is 0.481 e. The van der Waals surface area contributed by atoms with Gasteiger partial charge in [0, 0.05) is 6.04 Å². The molecule has 0 radical (unpaired) electrons. The average molecular weight is 213 g/mol. The zero-order valence-corrected chi connectivity index (χ0v) is 10.5. The maximum atomic E-state index is 11.5. The molecule has 1 atom stereocenters. The summed E-state index contributed by atoms with van der Waals surface area (Å²) in [5, 5.41) is 9.44. The molecule has 1 aliphatic carbocycles. The van der Waals surface area contributed by atoms with Crippen molar-refractivity contribution >= 4 is 5.97 Å². The lowest BCUT2D eigenvalue weighted by atomic mass is 9.57. The maximum Gasteiger partial charge on any atom is 0.311 e. The molecule has 0 aromatic carbocycles. The van der Waals surface area contributed by atoms with E-state index in [1.165, 1.54) is 0 Å². The molecular weight excluding hydrogens is 190 g/mol. The second-order valence-electron chi connectivity index (χ2n) is 6.05. The number of nitrogens with zero attached hydrogens (tertiary/aromatic N) is 1.